The summed E-state index contributed by atoms with van der Waals surface area (Å²) in [6.45, 7) is 4.18. The average Bonchev–Trinajstić information content (AvgIpc) is 3.29. The van der Waals surface area contributed by atoms with Crippen LogP contribution in [0.3, 0.4) is 0 Å². The van der Waals surface area contributed by atoms with Crippen molar-refractivity contribution in [2.45, 2.75) is 12.8 Å². The highest BCUT2D eigenvalue weighted by molar-refractivity contribution is 5.97. The molecule has 0 spiro atoms. The molecule has 0 unspecified atom stereocenters. The first-order valence-electron chi connectivity index (χ1n) is 9.68. The maximum atomic E-state index is 12.6. The highest BCUT2D eigenvalue weighted by Crippen LogP contribution is 2.17. The van der Waals surface area contributed by atoms with E-state index in [2.05, 4.69) is 20.2 Å². The number of piperazine rings is 1. The first-order valence-corrected chi connectivity index (χ1v) is 9.68. The smallest absolute Gasteiger partial charge is 0.321 e. The molecule has 8 heteroatoms. The standard InChI is InChI=1S/C20H24N6O2/c27-18(24-9-1-2-10-24)16-5-3-6-17(15-16)23-20(28)26-13-11-25(12-14-26)19-21-7-4-8-22-19/h3-8,15H,1-2,9-14H2,(H,23,28). The second-order valence-corrected chi connectivity index (χ2v) is 7.03. The van der Waals surface area contributed by atoms with Gasteiger partial charge >= 0.3 is 6.03 Å². The van der Waals surface area contributed by atoms with Crippen LogP contribution in [0.2, 0.25) is 0 Å². The minimum Gasteiger partial charge on any atom is -0.339 e. The van der Waals surface area contributed by atoms with Crippen LogP contribution in [0.5, 0.6) is 0 Å². The summed E-state index contributed by atoms with van der Waals surface area (Å²) in [5, 5.41) is 2.92. The summed E-state index contributed by atoms with van der Waals surface area (Å²) in [6, 6.07) is 8.81. The van der Waals surface area contributed by atoms with Gasteiger partial charge in [0.2, 0.25) is 5.95 Å². The highest BCUT2D eigenvalue weighted by atomic mass is 16.2. The van der Waals surface area contributed by atoms with Crippen LogP contribution in [-0.2, 0) is 0 Å². The fraction of sp³-hybridized carbons (Fsp3) is 0.400. The molecule has 0 atom stereocenters. The molecule has 1 aromatic heterocycles. The Bertz CT molecular complexity index is 830. The number of amides is 3. The molecule has 3 heterocycles. The van der Waals surface area contributed by atoms with E-state index in [9.17, 15) is 9.59 Å². The molecule has 2 aromatic rings. The van der Waals surface area contributed by atoms with Gasteiger partial charge in [-0.05, 0) is 37.1 Å². The summed E-state index contributed by atoms with van der Waals surface area (Å²) in [5.74, 6) is 0.723. The maximum absolute atomic E-state index is 12.6. The number of carbonyl (C=O) groups excluding carboxylic acids is 2. The summed E-state index contributed by atoms with van der Waals surface area (Å²) in [7, 11) is 0. The number of anilines is 2. The molecule has 2 aliphatic heterocycles. The number of carbonyl (C=O) groups is 2. The van der Waals surface area contributed by atoms with E-state index in [-0.39, 0.29) is 11.9 Å². The van der Waals surface area contributed by atoms with Gasteiger partial charge in [-0.15, -0.1) is 0 Å². The van der Waals surface area contributed by atoms with Crippen LogP contribution in [0, 0.1) is 0 Å². The van der Waals surface area contributed by atoms with Gasteiger partial charge in [0.05, 0.1) is 0 Å². The molecular weight excluding hydrogens is 356 g/mol. The van der Waals surface area contributed by atoms with Crippen molar-refractivity contribution in [1.82, 2.24) is 19.8 Å². The Balaban J connectivity index is 1.34. The molecule has 2 fully saturated rings. The lowest BCUT2D eigenvalue weighted by Crippen LogP contribution is -2.50. The fourth-order valence-electron chi connectivity index (χ4n) is 3.60. The second kappa shape index (κ2) is 8.24. The largest absolute Gasteiger partial charge is 0.339 e. The van der Waals surface area contributed by atoms with Gasteiger partial charge in [-0.25, -0.2) is 14.8 Å². The van der Waals surface area contributed by atoms with Crippen molar-refractivity contribution >= 4 is 23.6 Å². The lowest BCUT2D eigenvalue weighted by atomic mass is 10.1. The lowest BCUT2D eigenvalue weighted by molar-refractivity contribution is 0.0793. The van der Waals surface area contributed by atoms with E-state index in [1.807, 2.05) is 17.0 Å². The predicted octanol–water partition coefficient (Wildman–Crippen LogP) is 2.07. The molecule has 2 saturated heterocycles. The summed E-state index contributed by atoms with van der Waals surface area (Å²) < 4.78 is 0. The van der Waals surface area contributed by atoms with E-state index in [1.165, 1.54) is 0 Å². The number of benzene rings is 1. The Morgan fingerprint density at radius 2 is 1.57 bits per heavy atom. The van der Waals surface area contributed by atoms with Crippen LogP contribution in [0.15, 0.2) is 42.7 Å². The van der Waals surface area contributed by atoms with Gasteiger partial charge in [-0.3, -0.25) is 4.79 Å². The Morgan fingerprint density at radius 3 is 2.29 bits per heavy atom. The Labute approximate surface area is 164 Å². The molecule has 3 amide bonds. The topological polar surface area (TPSA) is 81.7 Å². The van der Waals surface area contributed by atoms with Gasteiger partial charge < -0.3 is 20.0 Å². The summed E-state index contributed by atoms with van der Waals surface area (Å²) in [6.07, 6.45) is 5.56. The van der Waals surface area contributed by atoms with Crippen molar-refractivity contribution in [3.8, 4) is 0 Å². The molecule has 1 aromatic carbocycles. The van der Waals surface area contributed by atoms with E-state index in [0.717, 1.165) is 25.9 Å². The highest BCUT2D eigenvalue weighted by Gasteiger charge is 2.23. The zero-order chi connectivity index (χ0) is 19.3. The number of urea groups is 1. The molecule has 8 nitrogen and oxygen atoms in total. The van der Waals surface area contributed by atoms with E-state index >= 15 is 0 Å². The first kappa shape index (κ1) is 18.2. The molecule has 0 radical (unpaired) electrons. The number of nitrogens with zero attached hydrogens (tertiary/aromatic N) is 5. The SMILES string of the molecule is O=C(Nc1cccc(C(=O)N2CCCC2)c1)N1CCN(c2ncccn2)CC1. The minimum absolute atomic E-state index is 0.0325. The Hall–Kier alpha value is -3.16. The first-order chi connectivity index (χ1) is 13.7. The van der Waals surface area contributed by atoms with Gasteiger partial charge in [0.15, 0.2) is 0 Å². The molecule has 28 heavy (non-hydrogen) atoms. The average molecular weight is 380 g/mol. The third-order valence-electron chi connectivity index (χ3n) is 5.16. The van der Waals surface area contributed by atoms with Crippen LogP contribution in [0.1, 0.15) is 23.2 Å². The van der Waals surface area contributed by atoms with Crippen LogP contribution in [-0.4, -0.2) is 71.0 Å². The molecule has 0 saturated carbocycles. The van der Waals surface area contributed by atoms with Crippen molar-refractivity contribution in [3.63, 3.8) is 0 Å². The van der Waals surface area contributed by atoms with Crippen LogP contribution in [0.25, 0.3) is 0 Å². The van der Waals surface area contributed by atoms with Gasteiger partial charge in [0.1, 0.15) is 0 Å². The summed E-state index contributed by atoms with van der Waals surface area (Å²) in [4.78, 5) is 39.4. The zero-order valence-electron chi connectivity index (χ0n) is 15.8. The van der Waals surface area contributed by atoms with E-state index in [1.54, 1.807) is 35.5 Å². The fourth-order valence-corrected chi connectivity index (χ4v) is 3.60. The van der Waals surface area contributed by atoms with Crippen molar-refractivity contribution in [3.05, 3.63) is 48.3 Å². The number of rotatable bonds is 3. The summed E-state index contributed by atoms with van der Waals surface area (Å²) in [5.41, 5.74) is 1.26. The lowest BCUT2D eigenvalue weighted by Gasteiger charge is -2.34. The van der Waals surface area contributed by atoms with Gasteiger partial charge in [-0.2, -0.15) is 0 Å². The van der Waals surface area contributed by atoms with E-state index < -0.39 is 0 Å². The maximum Gasteiger partial charge on any atom is 0.321 e. The van der Waals surface area contributed by atoms with Crippen LogP contribution < -0.4 is 10.2 Å². The quantitative estimate of drug-likeness (QED) is 0.882. The van der Waals surface area contributed by atoms with Gasteiger partial charge in [0, 0.05) is 62.9 Å². The van der Waals surface area contributed by atoms with Crippen LogP contribution >= 0.6 is 0 Å². The Morgan fingerprint density at radius 1 is 0.857 bits per heavy atom. The van der Waals surface area contributed by atoms with Crippen molar-refractivity contribution < 1.29 is 9.59 Å². The Kier molecular flexibility index (Phi) is 5.36. The molecule has 0 aliphatic carbocycles. The predicted molar refractivity (Wildman–Crippen MR) is 106 cm³/mol. The summed E-state index contributed by atoms with van der Waals surface area (Å²) >= 11 is 0. The zero-order valence-corrected chi connectivity index (χ0v) is 15.8. The molecule has 1 N–H and O–H groups in total. The monoisotopic (exact) mass is 380 g/mol. The van der Waals surface area contributed by atoms with Crippen LogP contribution in [0.4, 0.5) is 16.4 Å². The molecule has 4 rings (SSSR count). The third-order valence-corrected chi connectivity index (χ3v) is 5.16. The van der Waals surface area contributed by atoms with Crippen molar-refractivity contribution in [2.24, 2.45) is 0 Å². The third kappa shape index (κ3) is 4.05. The number of aromatic nitrogens is 2. The molecule has 146 valence electrons. The van der Waals surface area contributed by atoms with E-state index in [0.29, 0.717) is 43.4 Å². The van der Waals surface area contributed by atoms with Gasteiger partial charge in [-0.1, -0.05) is 6.07 Å². The normalized spacial score (nSPS) is 16.9. The number of hydrogen-bond donors (Lipinski definition) is 1. The van der Waals surface area contributed by atoms with Crippen molar-refractivity contribution in [1.29, 1.82) is 0 Å². The minimum atomic E-state index is -0.153. The number of nitrogens with one attached hydrogen (secondary N) is 1. The second-order valence-electron chi connectivity index (χ2n) is 7.03. The molecule has 2 aliphatic rings. The molecular formula is C20H24N6O2. The molecule has 0 bridgehead atoms. The van der Waals surface area contributed by atoms with E-state index in [4.69, 9.17) is 0 Å². The number of likely N-dealkylation sites (tertiary alicyclic amines) is 1. The van der Waals surface area contributed by atoms with Gasteiger partial charge in [0.25, 0.3) is 5.91 Å². The van der Waals surface area contributed by atoms with Crippen molar-refractivity contribution in [2.75, 3.05) is 49.5 Å². The number of hydrogen-bond acceptors (Lipinski definition) is 5.